The first-order valence-electron chi connectivity index (χ1n) is 10.5. The van der Waals surface area contributed by atoms with Crippen molar-refractivity contribution >= 4 is 28.6 Å². The van der Waals surface area contributed by atoms with E-state index in [0.717, 1.165) is 16.9 Å². The van der Waals surface area contributed by atoms with E-state index in [1.807, 2.05) is 25.1 Å². The van der Waals surface area contributed by atoms with Crippen molar-refractivity contribution in [1.29, 1.82) is 0 Å². The van der Waals surface area contributed by atoms with Crippen molar-refractivity contribution in [3.63, 3.8) is 0 Å². The minimum atomic E-state index is -0.785. The first kappa shape index (κ1) is 20.0. The van der Waals surface area contributed by atoms with Gasteiger partial charge in [-0.2, -0.15) is 0 Å². The average molecular weight is 434 g/mol. The maximum atomic E-state index is 13.0. The molecule has 3 N–H and O–H groups in total. The van der Waals surface area contributed by atoms with Gasteiger partial charge in [-0.3, -0.25) is 29.6 Å². The summed E-state index contributed by atoms with van der Waals surface area (Å²) in [5.74, 6) is -0.313. The van der Waals surface area contributed by atoms with Gasteiger partial charge in [0.2, 0.25) is 5.91 Å². The molecule has 32 heavy (non-hydrogen) atoms. The zero-order valence-electron chi connectivity index (χ0n) is 17.4. The smallest absolute Gasteiger partial charge is 0.275 e. The second-order valence-electron chi connectivity index (χ2n) is 8.17. The van der Waals surface area contributed by atoms with Crippen LogP contribution in [0.5, 0.6) is 5.75 Å². The van der Waals surface area contributed by atoms with Crippen molar-refractivity contribution in [2.75, 3.05) is 6.61 Å². The number of para-hydroxylation sites is 1. The van der Waals surface area contributed by atoms with E-state index in [2.05, 4.69) is 15.7 Å². The van der Waals surface area contributed by atoms with E-state index in [9.17, 15) is 19.2 Å². The van der Waals surface area contributed by atoms with Crippen LogP contribution < -0.4 is 20.9 Å². The third kappa shape index (κ3) is 3.35. The Morgan fingerprint density at radius 2 is 2.00 bits per heavy atom. The van der Waals surface area contributed by atoms with E-state index in [0.29, 0.717) is 29.5 Å². The number of carbonyl (C=O) groups excluding carboxylic acids is 3. The molecular weight excluding hydrogens is 412 g/mol. The molecule has 1 unspecified atom stereocenters. The van der Waals surface area contributed by atoms with E-state index < -0.39 is 11.9 Å². The molecule has 3 amide bonds. The Balaban J connectivity index is 1.42. The number of aromatic amines is 1. The van der Waals surface area contributed by atoms with Gasteiger partial charge in [-0.05, 0) is 37.1 Å². The minimum Gasteiger partial charge on any atom is -0.493 e. The third-order valence-electron chi connectivity index (χ3n) is 6.07. The molecule has 0 aliphatic carbocycles. The summed E-state index contributed by atoms with van der Waals surface area (Å²) in [5, 5.41) is 8.62. The van der Waals surface area contributed by atoms with Crippen LogP contribution in [0.25, 0.3) is 10.9 Å². The van der Waals surface area contributed by atoms with Gasteiger partial charge < -0.3 is 10.1 Å². The topological polar surface area (TPSA) is 122 Å². The monoisotopic (exact) mass is 434 g/mol. The number of rotatable bonds is 3. The van der Waals surface area contributed by atoms with Crippen molar-refractivity contribution < 1.29 is 19.1 Å². The number of nitrogens with zero attached hydrogens (tertiary/aromatic N) is 1. The highest BCUT2D eigenvalue weighted by Crippen LogP contribution is 2.34. The van der Waals surface area contributed by atoms with Gasteiger partial charge in [0.25, 0.3) is 17.4 Å². The van der Waals surface area contributed by atoms with Gasteiger partial charge in [-0.1, -0.05) is 18.2 Å². The number of piperidine rings is 1. The summed E-state index contributed by atoms with van der Waals surface area (Å²) >= 11 is 0. The number of fused-ring (bicyclic) bond motifs is 2. The zero-order chi connectivity index (χ0) is 22.4. The summed E-state index contributed by atoms with van der Waals surface area (Å²) in [5.41, 5.74) is 2.46. The van der Waals surface area contributed by atoms with Gasteiger partial charge in [-0.15, -0.1) is 0 Å². The number of H-pyrrole nitrogens is 1. The molecule has 0 saturated carbocycles. The number of carbonyl (C=O) groups is 3. The molecular formula is C23H22N4O5. The Bertz CT molecular complexity index is 1320. The van der Waals surface area contributed by atoms with Crippen LogP contribution in [0.2, 0.25) is 0 Å². The summed E-state index contributed by atoms with van der Waals surface area (Å²) in [7, 11) is 0. The van der Waals surface area contributed by atoms with Crippen LogP contribution in [0, 0.1) is 6.92 Å². The van der Waals surface area contributed by atoms with Crippen molar-refractivity contribution in [3.05, 3.63) is 63.4 Å². The minimum absolute atomic E-state index is 0.165. The van der Waals surface area contributed by atoms with Crippen LogP contribution in [0.1, 0.15) is 52.8 Å². The van der Waals surface area contributed by atoms with Gasteiger partial charge in [-0.25, -0.2) is 4.68 Å². The molecule has 2 atom stereocenters. The van der Waals surface area contributed by atoms with E-state index in [-0.39, 0.29) is 36.3 Å². The molecule has 1 saturated heterocycles. The molecule has 2 aromatic carbocycles. The lowest BCUT2D eigenvalue weighted by Gasteiger charge is -2.27. The fraction of sp³-hybridized carbons (Fsp3) is 0.304. The number of aromatic nitrogens is 2. The van der Waals surface area contributed by atoms with Crippen LogP contribution in [0.4, 0.5) is 0 Å². The van der Waals surface area contributed by atoms with Crippen LogP contribution in [0.15, 0.2) is 41.2 Å². The highest BCUT2D eigenvalue weighted by Gasteiger charge is 2.30. The number of aryl methyl sites for hydroxylation is 1. The summed E-state index contributed by atoms with van der Waals surface area (Å²) in [4.78, 5) is 49.3. The highest BCUT2D eigenvalue weighted by molar-refractivity contribution is 6.00. The second-order valence-corrected chi connectivity index (χ2v) is 8.17. The van der Waals surface area contributed by atoms with E-state index in [1.165, 1.54) is 4.68 Å². The Kier molecular flexibility index (Phi) is 4.80. The Morgan fingerprint density at radius 1 is 1.16 bits per heavy atom. The van der Waals surface area contributed by atoms with Crippen LogP contribution in [0.3, 0.4) is 0 Å². The van der Waals surface area contributed by atoms with Gasteiger partial charge in [0, 0.05) is 24.0 Å². The molecule has 2 aliphatic heterocycles. The largest absolute Gasteiger partial charge is 0.493 e. The molecule has 5 rings (SSSR count). The van der Waals surface area contributed by atoms with E-state index in [4.69, 9.17) is 4.74 Å². The number of benzene rings is 2. The normalized spacial score (nSPS) is 20.4. The molecule has 0 radical (unpaired) electrons. The fourth-order valence-corrected chi connectivity index (χ4v) is 4.40. The Morgan fingerprint density at radius 3 is 2.81 bits per heavy atom. The molecule has 0 bridgehead atoms. The number of imide groups is 1. The maximum Gasteiger partial charge on any atom is 0.275 e. The van der Waals surface area contributed by atoms with Crippen molar-refractivity contribution in [1.82, 2.24) is 20.4 Å². The molecule has 3 heterocycles. The summed E-state index contributed by atoms with van der Waals surface area (Å²) in [6.45, 7) is 2.49. The molecule has 3 aromatic rings. The molecule has 9 nitrogen and oxygen atoms in total. The Hall–Kier alpha value is -3.88. The average Bonchev–Trinajstić information content (AvgIpc) is 3.10. The van der Waals surface area contributed by atoms with E-state index in [1.54, 1.807) is 18.2 Å². The second kappa shape index (κ2) is 7.67. The highest BCUT2D eigenvalue weighted by atomic mass is 16.5. The molecule has 164 valence electrons. The number of amides is 3. The predicted molar refractivity (Wildman–Crippen MR) is 115 cm³/mol. The van der Waals surface area contributed by atoms with Crippen molar-refractivity contribution in [2.24, 2.45) is 0 Å². The summed E-state index contributed by atoms with van der Waals surface area (Å²) < 4.78 is 7.00. The predicted octanol–water partition coefficient (Wildman–Crippen LogP) is 1.87. The van der Waals surface area contributed by atoms with Gasteiger partial charge in [0.1, 0.15) is 11.8 Å². The number of ether oxygens (including phenoxy) is 1. The fourth-order valence-electron chi connectivity index (χ4n) is 4.40. The van der Waals surface area contributed by atoms with Gasteiger partial charge >= 0.3 is 0 Å². The molecule has 0 spiro atoms. The molecule has 1 fully saturated rings. The number of hydrogen-bond donors (Lipinski definition) is 3. The molecule has 2 aliphatic rings. The lowest BCUT2D eigenvalue weighted by molar-refractivity contribution is -0.136. The first-order chi connectivity index (χ1) is 15.4. The SMILES string of the molecule is Cc1cccc2c1OCC[C@H]2NC(=O)c1ccc2c(=O)n(C3CCC(=O)NC3=O)[nH]c2c1. The van der Waals surface area contributed by atoms with Gasteiger partial charge in [0.15, 0.2) is 0 Å². The summed E-state index contributed by atoms with van der Waals surface area (Å²) in [6, 6.07) is 9.68. The summed E-state index contributed by atoms with van der Waals surface area (Å²) in [6.07, 6.45) is 1.07. The maximum absolute atomic E-state index is 13.0. The van der Waals surface area contributed by atoms with Crippen LogP contribution >= 0.6 is 0 Å². The third-order valence-corrected chi connectivity index (χ3v) is 6.07. The quantitative estimate of drug-likeness (QED) is 0.543. The van der Waals surface area contributed by atoms with Crippen molar-refractivity contribution in [2.45, 2.75) is 38.3 Å². The lowest BCUT2D eigenvalue weighted by Crippen LogP contribution is -2.44. The number of hydrogen-bond acceptors (Lipinski definition) is 5. The van der Waals surface area contributed by atoms with Crippen LogP contribution in [-0.2, 0) is 9.59 Å². The van der Waals surface area contributed by atoms with Gasteiger partial charge in [0.05, 0.1) is 23.6 Å². The first-order valence-corrected chi connectivity index (χ1v) is 10.5. The van der Waals surface area contributed by atoms with Crippen molar-refractivity contribution in [3.8, 4) is 5.75 Å². The standard InChI is InChI=1S/C23H22N4O5/c1-12-3-2-4-14-16(9-10-32-20(12)14)24-21(29)13-5-6-15-17(11-13)26-27(23(15)31)18-7-8-19(28)25-22(18)30/h2-6,11,16,18,26H,7-10H2,1H3,(H,24,29)(H,25,28,30)/t16-,18?/m1/s1. The zero-order valence-corrected chi connectivity index (χ0v) is 17.4. The molecule has 9 heteroatoms. The lowest BCUT2D eigenvalue weighted by atomic mass is 9.97. The van der Waals surface area contributed by atoms with Crippen LogP contribution in [-0.4, -0.2) is 34.1 Å². The van der Waals surface area contributed by atoms with E-state index >= 15 is 0 Å². The molecule has 1 aromatic heterocycles. The Labute approximate surface area is 182 Å². The number of nitrogens with one attached hydrogen (secondary N) is 3.